The minimum absolute atomic E-state index is 0.0746. The second-order valence-electron chi connectivity index (χ2n) is 3.12. The Bertz CT molecular complexity index is 449. The smallest absolute Gasteiger partial charge is 0.351 e. The molecule has 2 atom stereocenters. The maximum Gasteiger partial charge on any atom is 0.351 e. The van der Waals surface area contributed by atoms with Gasteiger partial charge in [-0.05, 0) is 0 Å². The maximum atomic E-state index is 11.5. The van der Waals surface area contributed by atoms with Gasteiger partial charge in [-0.15, -0.1) is 16.9 Å². The molecule has 8 heteroatoms. The molecule has 1 aliphatic rings. The van der Waals surface area contributed by atoms with Crippen LogP contribution in [0.1, 0.15) is 6.23 Å². The van der Waals surface area contributed by atoms with Crippen LogP contribution in [0.5, 0.6) is 0 Å². The highest BCUT2D eigenvalue weighted by Gasteiger charge is 2.27. The van der Waals surface area contributed by atoms with Crippen molar-refractivity contribution >= 4 is 17.6 Å². The first-order valence-corrected chi connectivity index (χ1v) is 5.64. The molecule has 0 aliphatic carbocycles. The summed E-state index contributed by atoms with van der Waals surface area (Å²) in [6.45, 7) is -0.0799. The number of hydrogen-bond donors (Lipinski definition) is 2. The van der Waals surface area contributed by atoms with Crippen LogP contribution in [0.2, 0.25) is 0 Å². The third-order valence-electron chi connectivity index (χ3n) is 2.12. The Morgan fingerprint density at radius 3 is 3.19 bits per heavy atom. The maximum absolute atomic E-state index is 11.5. The molecule has 86 valence electrons. The molecule has 2 N–H and O–H groups in total. The normalized spacial score (nSPS) is 24.6. The molecule has 0 bridgehead atoms. The van der Waals surface area contributed by atoms with Crippen LogP contribution >= 0.6 is 11.8 Å². The Balaban J connectivity index is 2.22. The standard InChI is InChI=1S/C8H10N4O3S/c9-11-5-1-2-12(8(14)10-5)6-4-16-7(3-13)15-6/h1-2,6-7,9,13H,3-4H2/t6-,7+/m0/s1. The van der Waals surface area contributed by atoms with Crippen LogP contribution in [0.15, 0.2) is 22.2 Å². The lowest BCUT2D eigenvalue weighted by Crippen LogP contribution is -2.27. The summed E-state index contributed by atoms with van der Waals surface area (Å²) < 4.78 is 6.74. The molecule has 0 saturated carbocycles. The van der Waals surface area contributed by atoms with Crippen molar-refractivity contribution in [3.05, 3.63) is 22.7 Å². The fourth-order valence-corrected chi connectivity index (χ4v) is 2.30. The van der Waals surface area contributed by atoms with Crippen molar-refractivity contribution in [2.24, 2.45) is 5.11 Å². The van der Waals surface area contributed by atoms with Gasteiger partial charge in [-0.1, -0.05) is 0 Å². The van der Waals surface area contributed by atoms with Crippen LogP contribution in [0.4, 0.5) is 5.82 Å². The monoisotopic (exact) mass is 242 g/mol. The van der Waals surface area contributed by atoms with Gasteiger partial charge in [0.2, 0.25) is 0 Å². The Labute approximate surface area is 95.0 Å². The number of nitrogens with zero attached hydrogens (tertiary/aromatic N) is 3. The van der Waals surface area contributed by atoms with E-state index in [0.717, 1.165) is 0 Å². The molecule has 1 fully saturated rings. The quantitative estimate of drug-likeness (QED) is 0.751. The van der Waals surface area contributed by atoms with E-state index in [-0.39, 0.29) is 17.9 Å². The van der Waals surface area contributed by atoms with E-state index in [9.17, 15) is 4.79 Å². The van der Waals surface area contributed by atoms with Crippen molar-refractivity contribution in [1.29, 1.82) is 5.53 Å². The zero-order chi connectivity index (χ0) is 11.5. The molecule has 1 aromatic heterocycles. The van der Waals surface area contributed by atoms with Gasteiger partial charge in [0, 0.05) is 18.0 Å². The molecule has 2 rings (SSSR count). The summed E-state index contributed by atoms with van der Waals surface area (Å²) in [5.74, 6) is 0.662. The van der Waals surface area contributed by atoms with Crippen LogP contribution in [0, 0.1) is 5.53 Å². The number of rotatable bonds is 3. The third kappa shape index (κ3) is 2.13. The van der Waals surface area contributed by atoms with Crippen LogP contribution in [-0.2, 0) is 4.74 Å². The number of hydrogen-bond acceptors (Lipinski definition) is 7. The van der Waals surface area contributed by atoms with Gasteiger partial charge < -0.3 is 9.84 Å². The van der Waals surface area contributed by atoms with Crippen molar-refractivity contribution in [1.82, 2.24) is 9.55 Å². The van der Waals surface area contributed by atoms with Gasteiger partial charge in [-0.3, -0.25) is 4.57 Å². The van der Waals surface area contributed by atoms with Gasteiger partial charge in [-0.25, -0.2) is 10.3 Å². The second kappa shape index (κ2) is 4.73. The number of aromatic nitrogens is 2. The molecule has 1 aromatic rings. The molecule has 0 radical (unpaired) electrons. The summed E-state index contributed by atoms with van der Waals surface area (Å²) in [6.07, 6.45) is 1.08. The highest BCUT2D eigenvalue weighted by Crippen LogP contribution is 2.30. The highest BCUT2D eigenvalue weighted by atomic mass is 32.2. The van der Waals surface area contributed by atoms with Crippen LogP contribution in [-0.4, -0.2) is 32.5 Å². The molecule has 2 heterocycles. The third-order valence-corrected chi connectivity index (χ3v) is 3.23. The van der Waals surface area contributed by atoms with Crippen LogP contribution in [0.25, 0.3) is 0 Å². The van der Waals surface area contributed by atoms with Gasteiger partial charge in [-0.2, -0.15) is 4.98 Å². The molecule has 1 aliphatic heterocycles. The Hall–Kier alpha value is -1.25. The largest absolute Gasteiger partial charge is 0.393 e. The van der Waals surface area contributed by atoms with E-state index in [1.54, 1.807) is 0 Å². The number of nitrogens with one attached hydrogen (secondary N) is 1. The lowest BCUT2D eigenvalue weighted by atomic mass is 10.5. The highest BCUT2D eigenvalue weighted by molar-refractivity contribution is 8.00. The summed E-state index contributed by atoms with van der Waals surface area (Å²) in [4.78, 5) is 15.1. The van der Waals surface area contributed by atoms with Gasteiger partial charge in [0.1, 0.15) is 11.7 Å². The molecular weight excluding hydrogens is 232 g/mol. The minimum atomic E-state index is -0.502. The Kier molecular flexibility index (Phi) is 3.32. The van der Waals surface area contributed by atoms with Crippen molar-refractivity contribution in [2.75, 3.05) is 12.4 Å². The molecule has 7 nitrogen and oxygen atoms in total. The zero-order valence-corrected chi connectivity index (χ0v) is 9.05. The topological polar surface area (TPSA) is 101 Å². The molecule has 16 heavy (non-hydrogen) atoms. The fraction of sp³-hybridized carbons (Fsp3) is 0.500. The predicted octanol–water partition coefficient (Wildman–Crippen LogP) is 0.486. The Morgan fingerprint density at radius 1 is 1.81 bits per heavy atom. The van der Waals surface area contributed by atoms with Crippen molar-refractivity contribution in [2.45, 2.75) is 11.7 Å². The van der Waals surface area contributed by atoms with E-state index in [4.69, 9.17) is 15.4 Å². The average Bonchev–Trinajstić information content (AvgIpc) is 2.77. The Morgan fingerprint density at radius 2 is 2.62 bits per heavy atom. The number of aliphatic hydroxyl groups is 1. The first-order chi connectivity index (χ1) is 7.74. The molecule has 0 aromatic carbocycles. The predicted molar refractivity (Wildman–Crippen MR) is 56.8 cm³/mol. The van der Waals surface area contributed by atoms with Crippen LogP contribution < -0.4 is 5.69 Å². The molecule has 0 unspecified atom stereocenters. The second-order valence-corrected chi connectivity index (χ2v) is 4.32. The molecule has 0 amide bonds. The van der Waals surface area contributed by atoms with Gasteiger partial charge in [0.05, 0.1) is 6.61 Å². The van der Waals surface area contributed by atoms with E-state index in [1.807, 2.05) is 0 Å². The fourth-order valence-electron chi connectivity index (χ4n) is 1.37. The van der Waals surface area contributed by atoms with E-state index < -0.39 is 11.9 Å². The van der Waals surface area contributed by atoms with E-state index in [2.05, 4.69) is 10.1 Å². The van der Waals surface area contributed by atoms with Crippen molar-refractivity contribution in [3.63, 3.8) is 0 Å². The summed E-state index contributed by atoms with van der Waals surface area (Å²) in [5.41, 5.74) is 5.93. The number of ether oxygens (including phenoxy) is 1. The van der Waals surface area contributed by atoms with E-state index >= 15 is 0 Å². The minimum Gasteiger partial charge on any atom is -0.393 e. The zero-order valence-electron chi connectivity index (χ0n) is 8.24. The van der Waals surface area contributed by atoms with Gasteiger partial charge in [0.25, 0.3) is 0 Å². The van der Waals surface area contributed by atoms with Crippen molar-refractivity contribution < 1.29 is 9.84 Å². The molecule has 0 spiro atoms. The number of thioether (sulfide) groups is 1. The summed E-state index contributed by atoms with van der Waals surface area (Å²) >= 11 is 1.44. The summed E-state index contributed by atoms with van der Waals surface area (Å²) in [7, 11) is 0. The first kappa shape index (κ1) is 11.2. The molecular formula is C8H10N4O3S. The summed E-state index contributed by atoms with van der Waals surface area (Å²) in [6, 6.07) is 1.47. The lowest BCUT2D eigenvalue weighted by Gasteiger charge is -2.12. The van der Waals surface area contributed by atoms with Crippen LogP contribution in [0.3, 0.4) is 0 Å². The van der Waals surface area contributed by atoms with Gasteiger partial charge >= 0.3 is 5.69 Å². The SMILES string of the molecule is N=Nc1ccn([C@@H]2CS[C@H](CO)O2)c(=O)n1. The average molecular weight is 242 g/mol. The van der Waals surface area contributed by atoms with Crippen molar-refractivity contribution in [3.8, 4) is 0 Å². The number of aliphatic hydroxyl groups excluding tert-OH is 1. The van der Waals surface area contributed by atoms with Gasteiger partial charge in [0.15, 0.2) is 5.82 Å². The first-order valence-electron chi connectivity index (χ1n) is 4.59. The molecule has 1 saturated heterocycles. The van der Waals surface area contributed by atoms with E-state index in [0.29, 0.717) is 5.75 Å². The lowest BCUT2D eigenvalue weighted by molar-refractivity contribution is -0.00630. The summed E-state index contributed by atoms with van der Waals surface area (Å²) in [5, 5.41) is 12.0. The van der Waals surface area contributed by atoms with E-state index in [1.165, 1.54) is 28.6 Å².